The molecule has 1 N–H and O–H groups in total. The topological polar surface area (TPSA) is 55.4 Å². The first-order valence-electron chi connectivity index (χ1n) is 6.13. The molecule has 0 amide bonds. The Morgan fingerprint density at radius 2 is 2.05 bits per heavy atom. The number of hydrogen-bond acceptors (Lipinski definition) is 4. The van der Waals surface area contributed by atoms with E-state index in [2.05, 4.69) is 21.2 Å². The molecule has 19 heavy (non-hydrogen) atoms. The molecule has 0 aliphatic carbocycles. The largest absolute Gasteiger partial charge is 0.492 e. The molecule has 0 unspecified atom stereocenters. The van der Waals surface area contributed by atoms with E-state index in [1.165, 1.54) is 6.26 Å². The highest BCUT2D eigenvalue weighted by Crippen LogP contribution is 2.28. The van der Waals surface area contributed by atoms with Gasteiger partial charge in [-0.05, 0) is 31.2 Å². The molecule has 1 aromatic rings. The van der Waals surface area contributed by atoms with Gasteiger partial charge in [0.15, 0.2) is 9.84 Å². The number of halogens is 1. The number of benzene rings is 1. The third-order valence-corrected chi connectivity index (χ3v) is 3.95. The minimum atomic E-state index is -2.99. The lowest BCUT2D eigenvalue weighted by molar-refractivity contribution is 0.334. The summed E-state index contributed by atoms with van der Waals surface area (Å²) in [6.45, 7) is 5.74. The molecule has 6 heteroatoms. The SMILES string of the molecule is CCNCc1cc(Br)cc(C)c1OCCS(C)(=O)=O. The van der Waals surface area contributed by atoms with Crippen molar-refractivity contribution in [2.24, 2.45) is 0 Å². The van der Waals surface area contributed by atoms with Gasteiger partial charge in [-0.1, -0.05) is 22.9 Å². The van der Waals surface area contributed by atoms with Gasteiger partial charge in [0, 0.05) is 22.8 Å². The van der Waals surface area contributed by atoms with Crippen molar-refractivity contribution < 1.29 is 13.2 Å². The maximum Gasteiger partial charge on any atom is 0.150 e. The van der Waals surface area contributed by atoms with Crippen LogP contribution in [0.15, 0.2) is 16.6 Å². The van der Waals surface area contributed by atoms with Crippen LogP contribution in [-0.4, -0.2) is 33.6 Å². The lowest BCUT2D eigenvalue weighted by atomic mass is 10.1. The summed E-state index contributed by atoms with van der Waals surface area (Å²) in [5.74, 6) is 0.802. The molecular formula is C13H20BrNO3S. The van der Waals surface area contributed by atoms with E-state index in [-0.39, 0.29) is 12.4 Å². The number of ether oxygens (including phenoxy) is 1. The van der Waals surface area contributed by atoms with E-state index in [0.29, 0.717) is 6.54 Å². The fourth-order valence-corrected chi connectivity index (χ4v) is 2.70. The van der Waals surface area contributed by atoms with Crippen molar-refractivity contribution in [2.75, 3.05) is 25.2 Å². The fourth-order valence-electron chi connectivity index (χ4n) is 1.69. The summed E-state index contributed by atoms with van der Waals surface area (Å²) in [5, 5.41) is 3.25. The Morgan fingerprint density at radius 1 is 1.37 bits per heavy atom. The van der Waals surface area contributed by atoms with Gasteiger partial charge in [-0.25, -0.2) is 8.42 Å². The van der Waals surface area contributed by atoms with Crippen molar-refractivity contribution in [3.05, 3.63) is 27.7 Å². The monoisotopic (exact) mass is 349 g/mol. The number of aryl methyl sites for hydroxylation is 1. The molecule has 4 nitrogen and oxygen atoms in total. The molecule has 0 aliphatic heterocycles. The van der Waals surface area contributed by atoms with Crippen LogP contribution in [0.1, 0.15) is 18.1 Å². The molecule has 0 atom stereocenters. The quantitative estimate of drug-likeness (QED) is 0.820. The van der Waals surface area contributed by atoms with Crippen LogP contribution in [0.25, 0.3) is 0 Å². The zero-order chi connectivity index (χ0) is 14.5. The van der Waals surface area contributed by atoms with Crippen molar-refractivity contribution in [1.29, 1.82) is 0 Å². The highest BCUT2D eigenvalue weighted by atomic mass is 79.9. The van der Waals surface area contributed by atoms with Crippen LogP contribution < -0.4 is 10.1 Å². The molecule has 0 bridgehead atoms. The van der Waals surface area contributed by atoms with Crippen molar-refractivity contribution in [1.82, 2.24) is 5.32 Å². The van der Waals surface area contributed by atoms with E-state index in [9.17, 15) is 8.42 Å². The predicted octanol–water partition coefficient (Wildman–Crippen LogP) is 2.29. The average molecular weight is 350 g/mol. The molecule has 0 spiro atoms. The zero-order valence-electron chi connectivity index (χ0n) is 11.5. The summed E-state index contributed by atoms with van der Waals surface area (Å²) in [5.41, 5.74) is 2.03. The Kier molecular flexibility index (Phi) is 6.29. The van der Waals surface area contributed by atoms with Gasteiger partial charge in [0.25, 0.3) is 0 Å². The lowest BCUT2D eigenvalue weighted by Crippen LogP contribution is -2.16. The van der Waals surface area contributed by atoms with Gasteiger partial charge in [-0.3, -0.25) is 0 Å². The third kappa shape index (κ3) is 5.93. The van der Waals surface area contributed by atoms with Gasteiger partial charge in [0.1, 0.15) is 12.4 Å². The van der Waals surface area contributed by atoms with Gasteiger partial charge in [-0.15, -0.1) is 0 Å². The second-order valence-corrected chi connectivity index (χ2v) is 7.65. The first-order chi connectivity index (χ1) is 8.83. The summed E-state index contributed by atoms with van der Waals surface area (Å²) >= 11 is 3.46. The second kappa shape index (κ2) is 7.26. The second-order valence-electron chi connectivity index (χ2n) is 4.47. The molecule has 0 saturated carbocycles. The zero-order valence-corrected chi connectivity index (χ0v) is 13.9. The molecule has 0 aromatic heterocycles. The van der Waals surface area contributed by atoms with Crippen LogP contribution in [0.5, 0.6) is 5.75 Å². The van der Waals surface area contributed by atoms with Crippen LogP contribution in [0, 0.1) is 6.92 Å². The minimum absolute atomic E-state index is 0.0309. The van der Waals surface area contributed by atoms with Crippen molar-refractivity contribution >= 4 is 25.8 Å². The van der Waals surface area contributed by atoms with Crippen LogP contribution in [0.4, 0.5) is 0 Å². The molecule has 0 saturated heterocycles. The minimum Gasteiger partial charge on any atom is -0.492 e. The van der Waals surface area contributed by atoms with Crippen molar-refractivity contribution in [3.8, 4) is 5.75 Å². The predicted molar refractivity (Wildman–Crippen MR) is 81.5 cm³/mol. The van der Waals surface area contributed by atoms with E-state index in [1.54, 1.807) is 0 Å². The van der Waals surface area contributed by atoms with Crippen LogP contribution in [0.2, 0.25) is 0 Å². The third-order valence-electron chi connectivity index (χ3n) is 2.58. The smallest absolute Gasteiger partial charge is 0.150 e. The van der Waals surface area contributed by atoms with E-state index >= 15 is 0 Å². The Morgan fingerprint density at radius 3 is 2.63 bits per heavy atom. The van der Waals surface area contributed by atoms with Gasteiger partial charge in [0.2, 0.25) is 0 Å². The first-order valence-corrected chi connectivity index (χ1v) is 8.99. The molecule has 1 rings (SSSR count). The summed E-state index contributed by atoms with van der Waals surface area (Å²) in [7, 11) is -2.99. The van der Waals surface area contributed by atoms with Crippen LogP contribution >= 0.6 is 15.9 Å². The number of sulfone groups is 1. The summed E-state index contributed by atoms with van der Waals surface area (Å²) < 4.78 is 28.9. The number of hydrogen-bond donors (Lipinski definition) is 1. The molecule has 0 radical (unpaired) electrons. The van der Waals surface area contributed by atoms with Crippen molar-refractivity contribution in [3.63, 3.8) is 0 Å². The van der Waals surface area contributed by atoms with Crippen LogP contribution in [0.3, 0.4) is 0 Å². The maximum absolute atomic E-state index is 11.1. The van der Waals surface area contributed by atoms with Gasteiger partial charge in [0.05, 0.1) is 5.75 Å². The molecule has 0 aliphatic rings. The highest BCUT2D eigenvalue weighted by Gasteiger charge is 2.10. The highest BCUT2D eigenvalue weighted by molar-refractivity contribution is 9.10. The Balaban J connectivity index is 2.84. The van der Waals surface area contributed by atoms with Gasteiger partial charge in [-0.2, -0.15) is 0 Å². The van der Waals surface area contributed by atoms with Gasteiger partial charge >= 0.3 is 0 Å². The van der Waals surface area contributed by atoms with Gasteiger partial charge < -0.3 is 10.1 Å². The summed E-state index contributed by atoms with van der Waals surface area (Å²) in [6.07, 6.45) is 1.21. The van der Waals surface area contributed by atoms with E-state index < -0.39 is 9.84 Å². The van der Waals surface area contributed by atoms with Crippen molar-refractivity contribution in [2.45, 2.75) is 20.4 Å². The average Bonchev–Trinajstić information content (AvgIpc) is 2.27. The standard InChI is InChI=1S/C13H20BrNO3S/c1-4-15-9-11-8-12(14)7-10(2)13(11)18-5-6-19(3,16)17/h7-8,15H,4-6,9H2,1-3H3. The maximum atomic E-state index is 11.1. The Labute approximate surface area is 123 Å². The van der Waals surface area contributed by atoms with Crippen LogP contribution in [-0.2, 0) is 16.4 Å². The van der Waals surface area contributed by atoms with E-state index in [1.807, 2.05) is 26.0 Å². The normalized spacial score (nSPS) is 11.6. The molecule has 1 aromatic carbocycles. The van der Waals surface area contributed by atoms with E-state index in [0.717, 1.165) is 27.9 Å². The molecule has 0 fully saturated rings. The van der Waals surface area contributed by atoms with E-state index in [4.69, 9.17) is 4.74 Å². The fraction of sp³-hybridized carbons (Fsp3) is 0.538. The lowest BCUT2D eigenvalue weighted by Gasteiger charge is -2.15. The molecule has 108 valence electrons. The first kappa shape index (κ1) is 16.5. The Bertz CT molecular complexity index is 529. The summed E-state index contributed by atoms with van der Waals surface area (Å²) in [6, 6.07) is 3.96. The number of rotatable bonds is 7. The summed E-state index contributed by atoms with van der Waals surface area (Å²) in [4.78, 5) is 0. The molecular weight excluding hydrogens is 330 g/mol. The Hall–Kier alpha value is -0.590. The number of nitrogens with one attached hydrogen (secondary N) is 1. The molecule has 0 heterocycles.